The van der Waals surface area contributed by atoms with Crippen molar-refractivity contribution in [1.82, 2.24) is 10.3 Å². The molecule has 1 heterocycles. The van der Waals surface area contributed by atoms with Crippen molar-refractivity contribution in [3.05, 3.63) is 58.7 Å². The number of methoxy groups -OCH3 is 3. The summed E-state index contributed by atoms with van der Waals surface area (Å²) in [6.07, 6.45) is 0. The molecule has 0 unspecified atom stereocenters. The smallest absolute Gasteiger partial charge is 0.350 e. The van der Waals surface area contributed by atoms with E-state index in [1.165, 1.54) is 31.4 Å². The summed E-state index contributed by atoms with van der Waals surface area (Å²) in [6, 6.07) is 11.0. The number of thiazole rings is 1. The maximum absolute atomic E-state index is 13.3. The highest BCUT2D eigenvalue weighted by Gasteiger charge is 2.21. The Morgan fingerprint density at radius 1 is 1.10 bits per heavy atom. The number of benzene rings is 2. The van der Waals surface area contributed by atoms with Crippen LogP contribution in [0.1, 0.15) is 15.2 Å². The van der Waals surface area contributed by atoms with E-state index in [0.29, 0.717) is 27.9 Å². The zero-order valence-electron chi connectivity index (χ0n) is 17.1. The molecule has 0 atom stereocenters. The van der Waals surface area contributed by atoms with Gasteiger partial charge in [-0.25, -0.2) is 14.2 Å². The van der Waals surface area contributed by atoms with E-state index in [4.69, 9.17) is 19.6 Å². The summed E-state index contributed by atoms with van der Waals surface area (Å²) >= 11 is 1.04. The summed E-state index contributed by atoms with van der Waals surface area (Å²) in [5, 5.41) is 14.3. The third-order valence-corrected chi connectivity index (χ3v) is 5.27. The molecule has 1 aromatic heterocycles. The molecular formula is C21H21FN4O4S. The van der Waals surface area contributed by atoms with Gasteiger partial charge in [0.1, 0.15) is 22.2 Å². The van der Waals surface area contributed by atoms with Crippen LogP contribution in [0.5, 0.6) is 11.5 Å². The van der Waals surface area contributed by atoms with Gasteiger partial charge in [-0.15, -0.1) is 0 Å². The first-order valence-electron chi connectivity index (χ1n) is 9.11. The minimum absolute atomic E-state index is 0.0382. The molecule has 8 nitrogen and oxygen atoms in total. The topological polar surface area (TPSA) is 106 Å². The SMILES string of the molecule is COC(=O)c1sc(NC(=N)NCc2c(OC)cccc2OC)nc1-c1ccc(F)cc1. The van der Waals surface area contributed by atoms with Crippen molar-refractivity contribution in [1.29, 1.82) is 5.41 Å². The molecule has 0 aliphatic rings. The highest BCUT2D eigenvalue weighted by atomic mass is 32.1. The standard InChI is InChI=1S/C21H21FN4O4S/c1-28-15-5-4-6-16(29-2)14(15)11-24-20(23)26-21-25-17(18(31-21)19(27)30-3)12-7-9-13(22)10-8-12/h4-10H,11H2,1-3H3,(H3,23,24,25,26). The van der Waals surface area contributed by atoms with Crippen molar-refractivity contribution in [3.63, 3.8) is 0 Å². The first kappa shape index (κ1) is 22.0. The highest BCUT2D eigenvalue weighted by Crippen LogP contribution is 2.32. The average molecular weight is 444 g/mol. The Balaban J connectivity index is 1.78. The predicted octanol–water partition coefficient (Wildman–Crippen LogP) is 3.89. The van der Waals surface area contributed by atoms with Crippen molar-refractivity contribution >= 4 is 28.4 Å². The number of nitrogens with one attached hydrogen (secondary N) is 3. The summed E-state index contributed by atoms with van der Waals surface area (Å²) in [7, 11) is 4.39. The summed E-state index contributed by atoms with van der Waals surface area (Å²) in [5.74, 6) is 0.252. The maximum atomic E-state index is 13.3. The molecule has 2 aromatic carbocycles. The van der Waals surface area contributed by atoms with Gasteiger partial charge >= 0.3 is 5.97 Å². The van der Waals surface area contributed by atoms with Gasteiger partial charge in [0.15, 0.2) is 11.1 Å². The van der Waals surface area contributed by atoms with Crippen molar-refractivity contribution in [3.8, 4) is 22.8 Å². The number of ether oxygens (including phenoxy) is 3. The van der Waals surface area contributed by atoms with Crippen LogP contribution >= 0.6 is 11.3 Å². The van der Waals surface area contributed by atoms with Crippen molar-refractivity contribution in [2.75, 3.05) is 26.6 Å². The number of anilines is 1. The van der Waals surface area contributed by atoms with E-state index < -0.39 is 11.8 Å². The molecule has 162 valence electrons. The normalized spacial score (nSPS) is 10.3. The number of hydrogen-bond donors (Lipinski definition) is 3. The number of hydrogen-bond acceptors (Lipinski definition) is 7. The van der Waals surface area contributed by atoms with E-state index in [1.807, 2.05) is 6.07 Å². The molecule has 3 rings (SSSR count). The molecule has 0 bridgehead atoms. The third-order valence-electron chi connectivity index (χ3n) is 4.32. The molecule has 3 aromatic rings. The van der Waals surface area contributed by atoms with Gasteiger partial charge in [-0.1, -0.05) is 17.4 Å². The van der Waals surface area contributed by atoms with Gasteiger partial charge in [0.25, 0.3) is 0 Å². The van der Waals surface area contributed by atoms with Crippen molar-refractivity contribution in [2.24, 2.45) is 0 Å². The fourth-order valence-electron chi connectivity index (χ4n) is 2.84. The lowest BCUT2D eigenvalue weighted by Gasteiger charge is -2.14. The Hall–Kier alpha value is -3.66. The summed E-state index contributed by atoms with van der Waals surface area (Å²) in [4.78, 5) is 16.8. The fourth-order valence-corrected chi connectivity index (χ4v) is 3.75. The predicted molar refractivity (Wildman–Crippen MR) is 117 cm³/mol. The zero-order valence-corrected chi connectivity index (χ0v) is 17.9. The van der Waals surface area contributed by atoms with Gasteiger partial charge in [0.05, 0.1) is 39.1 Å². The van der Waals surface area contributed by atoms with Crippen LogP contribution < -0.4 is 20.1 Å². The Kier molecular flexibility index (Phi) is 7.03. The minimum Gasteiger partial charge on any atom is -0.496 e. The van der Waals surface area contributed by atoms with Crippen LogP contribution in [-0.4, -0.2) is 38.2 Å². The fraction of sp³-hybridized carbons (Fsp3) is 0.190. The number of aromatic nitrogens is 1. The van der Waals surface area contributed by atoms with Crippen LogP contribution in [0.2, 0.25) is 0 Å². The first-order chi connectivity index (χ1) is 15.0. The summed E-state index contributed by atoms with van der Waals surface area (Å²) in [6.45, 7) is 0.263. The van der Waals surface area contributed by atoms with Gasteiger partial charge in [-0.2, -0.15) is 0 Å². The van der Waals surface area contributed by atoms with E-state index in [1.54, 1.807) is 26.4 Å². The van der Waals surface area contributed by atoms with Gasteiger partial charge in [0.2, 0.25) is 0 Å². The van der Waals surface area contributed by atoms with Gasteiger partial charge in [0, 0.05) is 5.56 Å². The van der Waals surface area contributed by atoms with Crippen LogP contribution in [0.4, 0.5) is 9.52 Å². The maximum Gasteiger partial charge on any atom is 0.350 e. The molecule has 0 radical (unpaired) electrons. The lowest BCUT2D eigenvalue weighted by molar-refractivity contribution is 0.0607. The molecule has 10 heteroatoms. The number of rotatable bonds is 7. The molecule has 0 aliphatic heterocycles. The zero-order chi connectivity index (χ0) is 22.4. The number of carbonyl (C=O) groups is 1. The lowest BCUT2D eigenvalue weighted by Crippen LogP contribution is -2.29. The Labute approximate surface area is 182 Å². The molecule has 31 heavy (non-hydrogen) atoms. The van der Waals surface area contributed by atoms with Crippen LogP contribution in [0.3, 0.4) is 0 Å². The second-order valence-corrected chi connectivity index (χ2v) is 7.19. The minimum atomic E-state index is -0.567. The number of carbonyl (C=O) groups excluding carboxylic acids is 1. The average Bonchev–Trinajstić information content (AvgIpc) is 3.20. The molecule has 0 amide bonds. The highest BCUT2D eigenvalue weighted by molar-refractivity contribution is 7.18. The Morgan fingerprint density at radius 3 is 2.32 bits per heavy atom. The van der Waals surface area contributed by atoms with Crippen LogP contribution in [0, 0.1) is 11.2 Å². The number of halogens is 1. The number of guanidine groups is 1. The quantitative estimate of drug-likeness (QED) is 0.288. The van der Waals surface area contributed by atoms with Crippen LogP contribution in [0.15, 0.2) is 42.5 Å². The molecule has 0 aliphatic carbocycles. The van der Waals surface area contributed by atoms with E-state index in [9.17, 15) is 9.18 Å². The molecule has 0 fully saturated rings. The Morgan fingerprint density at radius 2 is 1.74 bits per heavy atom. The second kappa shape index (κ2) is 9.90. The monoisotopic (exact) mass is 444 g/mol. The van der Waals surface area contributed by atoms with Crippen molar-refractivity contribution < 1.29 is 23.4 Å². The molecule has 0 spiro atoms. The molecule has 0 saturated heterocycles. The summed E-state index contributed by atoms with van der Waals surface area (Å²) in [5.41, 5.74) is 1.66. The number of nitrogens with zero attached hydrogens (tertiary/aromatic N) is 1. The van der Waals surface area contributed by atoms with Gasteiger partial charge in [-0.05, 0) is 36.4 Å². The van der Waals surface area contributed by atoms with Gasteiger partial charge < -0.3 is 24.8 Å². The van der Waals surface area contributed by atoms with Gasteiger partial charge in [-0.3, -0.25) is 5.41 Å². The van der Waals surface area contributed by atoms with Crippen LogP contribution in [-0.2, 0) is 11.3 Å². The number of esters is 1. The van der Waals surface area contributed by atoms with E-state index in [0.717, 1.165) is 16.9 Å². The molecule has 3 N–H and O–H groups in total. The van der Waals surface area contributed by atoms with E-state index in [2.05, 4.69) is 15.6 Å². The lowest BCUT2D eigenvalue weighted by atomic mass is 10.1. The first-order valence-corrected chi connectivity index (χ1v) is 9.92. The van der Waals surface area contributed by atoms with Crippen molar-refractivity contribution in [2.45, 2.75) is 6.54 Å². The summed E-state index contributed by atoms with van der Waals surface area (Å²) < 4.78 is 28.8. The molecule has 0 saturated carbocycles. The largest absolute Gasteiger partial charge is 0.496 e. The third kappa shape index (κ3) is 5.10. The Bertz CT molecular complexity index is 1060. The van der Waals surface area contributed by atoms with E-state index in [-0.39, 0.29) is 17.4 Å². The second-order valence-electron chi connectivity index (χ2n) is 6.19. The van der Waals surface area contributed by atoms with Crippen LogP contribution in [0.25, 0.3) is 11.3 Å². The molecular weight excluding hydrogens is 423 g/mol. The van der Waals surface area contributed by atoms with E-state index >= 15 is 0 Å².